The van der Waals surface area contributed by atoms with Crippen LogP contribution in [0.4, 0.5) is 0 Å². The highest BCUT2D eigenvalue weighted by Crippen LogP contribution is 2.33. The maximum Gasteiger partial charge on any atom is 0.0722 e. The van der Waals surface area contributed by atoms with Crippen LogP contribution >= 0.6 is 11.3 Å². The number of rotatable bonds is 3. The van der Waals surface area contributed by atoms with E-state index in [0.29, 0.717) is 6.04 Å². The maximum absolute atomic E-state index is 4.66. The summed E-state index contributed by atoms with van der Waals surface area (Å²) in [5.41, 5.74) is 4.15. The summed E-state index contributed by atoms with van der Waals surface area (Å²) in [6.45, 7) is 7.60. The van der Waals surface area contributed by atoms with Crippen LogP contribution < -0.4 is 5.32 Å². The lowest BCUT2D eigenvalue weighted by molar-refractivity contribution is 0.458. The largest absolute Gasteiger partial charge is 0.306 e. The van der Waals surface area contributed by atoms with Gasteiger partial charge in [-0.05, 0) is 36.3 Å². The van der Waals surface area contributed by atoms with Gasteiger partial charge in [0.25, 0.3) is 0 Å². The molecule has 21 heavy (non-hydrogen) atoms. The smallest absolute Gasteiger partial charge is 0.0722 e. The third-order valence-electron chi connectivity index (χ3n) is 4.21. The van der Waals surface area contributed by atoms with E-state index in [4.69, 9.17) is 0 Å². The summed E-state index contributed by atoms with van der Waals surface area (Å²) >= 11 is 1.91. The fourth-order valence-electron chi connectivity index (χ4n) is 3.23. The summed E-state index contributed by atoms with van der Waals surface area (Å²) in [7, 11) is 2.01. The molecule has 1 unspecified atom stereocenters. The van der Waals surface area contributed by atoms with E-state index >= 15 is 0 Å². The van der Waals surface area contributed by atoms with Crippen LogP contribution in [0, 0.1) is 0 Å². The number of hydrogen-bond donors (Lipinski definition) is 1. The van der Waals surface area contributed by atoms with E-state index < -0.39 is 0 Å². The minimum absolute atomic E-state index is 0.0956. The van der Waals surface area contributed by atoms with E-state index in [1.165, 1.54) is 36.1 Å². The summed E-state index contributed by atoms with van der Waals surface area (Å²) in [5.74, 6) is 0. The van der Waals surface area contributed by atoms with E-state index in [9.17, 15) is 0 Å². The monoisotopic (exact) mass is 303 g/mol. The average molecular weight is 303 g/mol. The van der Waals surface area contributed by atoms with E-state index in [-0.39, 0.29) is 5.41 Å². The zero-order chi connectivity index (χ0) is 15.0. The van der Waals surface area contributed by atoms with Gasteiger partial charge in [-0.15, -0.1) is 11.3 Å². The van der Waals surface area contributed by atoms with Gasteiger partial charge in [0.05, 0.1) is 5.69 Å². The number of fused-ring (bicyclic) bond motifs is 1. The van der Waals surface area contributed by atoms with E-state index in [2.05, 4.69) is 48.8 Å². The van der Waals surface area contributed by atoms with Crippen LogP contribution in [0.25, 0.3) is 0 Å². The molecule has 0 bridgehead atoms. The molecule has 0 fully saturated rings. The first kappa shape index (κ1) is 14.8. The number of hydrogen-bond acceptors (Lipinski definition) is 3. The van der Waals surface area contributed by atoms with Gasteiger partial charge in [-0.3, -0.25) is 4.68 Å². The van der Waals surface area contributed by atoms with Crippen molar-refractivity contribution in [3.8, 4) is 0 Å². The van der Waals surface area contributed by atoms with Crippen molar-refractivity contribution in [2.75, 3.05) is 0 Å². The first-order chi connectivity index (χ1) is 9.95. The van der Waals surface area contributed by atoms with Gasteiger partial charge in [-0.25, -0.2) is 0 Å². The van der Waals surface area contributed by atoms with Crippen LogP contribution in [-0.4, -0.2) is 9.78 Å². The Kier molecular flexibility index (Phi) is 3.93. The van der Waals surface area contributed by atoms with Gasteiger partial charge >= 0.3 is 0 Å². The Morgan fingerprint density at radius 1 is 1.43 bits per heavy atom. The minimum atomic E-state index is 0.0956. The summed E-state index contributed by atoms with van der Waals surface area (Å²) in [5, 5.41) is 10.6. The number of nitrogens with one attached hydrogen (secondary N) is 1. The van der Waals surface area contributed by atoms with Crippen molar-refractivity contribution in [1.29, 1.82) is 0 Å². The second kappa shape index (κ2) is 5.58. The fourth-order valence-corrected chi connectivity index (χ4v) is 4.22. The molecule has 114 valence electrons. The molecule has 2 aromatic heterocycles. The molecule has 0 aliphatic heterocycles. The normalized spacial score (nSPS) is 18.8. The van der Waals surface area contributed by atoms with Gasteiger partial charge < -0.3 is 5.32 Å². The standard InChI is InChI=1S/C17H25N3S/c1-17(2,3)16-12(11-20(4)19-16)10-18-14-6-5-7-15-13(14)8-9-21-15/h8-9,11,14,18H,5-7,10H2,1-4H3. The number of aryl methyl sites for hydroxylation is 2. The molecule has 0 radical (unpaired) electrons. The molecule has 3 rings (SSSR count). The third kappa shape index (κ3) is 3.06. The maximum atomic E-state index is 4.66. The Balaban J connectivity index is 1.75. The molecule has 0 aromatic carbocycles. The molecule has 0 spiro atoms. The lowest BCUT2D eigenvalue weighted by Gasteiger charge is -2.24. The number of thiophene rings is 1. The molecule has 0 amide bonds. The lowest BCUT2D eigenvalue weighted by Crippen LogP contribution is -2.25. The second-order valence-corrected chi connectivity index (χ2v) is 8.05. The molecule has 0 saturated heterocycles. The summed E-state index contributed by atoms with van der Waals surface area (Å²) in [4.78, 5) is 1.57. The van der Waals surface area contributed by atoms with Gasteiger partial charge in [0.15, 0.2) is 0 Å². The summed E-state index contributed by atoms with van der Waals surface area (Å²) < 4.78 is 1.94. The van der Waals surface area contributed by atoms with Crippen molar-refractivity contribution < 1.29 is 0 Å². The first-order valence-electron chi connectivity index (χ1n) is 7.78. The molecular formula is C17H25N3S. The lowest BCUT2D eigenvalue weighted by atomic mass is 9.89. The highest BCUT2D eigenvalue weighted by Gasteiger charge is 2.24. The third-order valence-corrected chi connectivity index (χ3v) is 5.20. The van der Waals surface area contributed by atoms with Gasteiger partial charge in [-0.2, -0.15) is 5.10 Å². The molecule has 2 aromatic rings. The van der Waals surface area contributed by atoms with Gasteiger partial charge in [0.1, 0.15) is 0 Å². The van der Waals surface area contributed by atoms with E-state index in [0.717, 1.165) is 6.54 Å². The van der Waals surface area contributed by atoms with Crippen LogP contribution in [0.3, 0.4) is 0 Å². The van der Waals surface area contributed by atoms with E-state index in [1.54, 1.807) is 4.88 Å². The Morgan fingerprint density at radius 2 is 2.24 bits per heavy atom. The Bertz CT molecular complexity index is 618. The topological polar surface area (TPSA) is 29.9 Å². The molecule has 1 N–H and O–H groups in total. The average Bonchev–Trinajstić information content (AvgIpc) is 3.01. The Labute approximate surface area is 131 Å². The molecule has 3 nitrogen and oxygen atoms in total. The Hall–Kier alpha value is -1.13. The molecule has 4 heteroatoms. The highest BCUT2D eigenvalue weighted by molar-refractivity contribution is 7.10. The van der Waals surface area contributed by atoms with Crippen molar-refractivity contribution in [2.24, 2.45) is 7.05 Å². The minimum Gasteiger partial charge on any atom is -0.306 e. The fraction of sp³-hybridized carbons (Fsp3) is 0.588. The SMILES string of the molecule is Cn1cc(CNC2CCCc3sccc32)c(C(C)(C)C)n1. The molecule has 1 atom stereocenters. The van der Waals surface area contributed by atoms with E-state index in [1.807, 2.05) is 23.1 Å². The van der Waals surface area contributed by atoms with Gasteiger partial charge in [-0.1, -0.05) is 20.8 Å². The summed E-state index contributed by atoms with van der Waals surface area (Å²) in [6, 6.07) is 2.80. The van der Waals surface area contributed by atoms with Crippen molar-refractivity contribution in [3.05, 3.63) is 39.3 Å². The Morgan fingerprint density at radius 3 is 3.00 bits per heavy atom. The molecule has 1 aliphatic rings. The second-order valence-electron chi connectivity index (χ2n) is 7.05. The first-order valence-corrected chi connectivity index (χ1v) is 8.66. The predicted molar refractivity (Wildman–Crippen MR) is 88.7 cm³/mol. The zero-order valence-electron chi connectivity index (χ0n) is 13.4. The highest BCUT2D eigenvalue weighted by atomic mass is 32.1. The molecule has 2 heterocycles. The number of aromatic nitrogens is 2. The predicted octanol–water partition coefficient (Wildman–Crippen LogP) is 3.95. The van der Waals surface area contributed by atoms with Crippen LogP contribution in [0.15, 0.2) is 17.6 Å². The molecule has 1 aliphatic carbocycles. The van der Waals surface area contributed by atoms with Crippen LogP contribution in [0.5, 0.6) is 0 Å². The van der Waals surface area contributed by atoms with Crippen molar-refractivity contribution in [3.63, 3.8) is 0 Å². The summed E-state index contributed by atoms with van der Waals surface area (Å²) in [6.07, 6.45) is 5.95. The zero-order valence-corrected chi connectivity index (χ0v) is 14.3. The van der Waals surface area contributed by atoms with Crippen molar-refractivity contribution in [2.45, 2.75) is 58.0 Å². The quantitative estimate of drug-likeness (QED) is 0.930. The van der Waals surface area contributed by atoms with Crippen LogP contribution in [-0.2, 0) is 25.4 Å². The van der Waals surface area contributed by atoms with Crippen LogP contribution in [0.2, 0.25) is 0 Å². The van der Waals surface area contributed by atoms with Gasteiger partial charge in [0.2, 0.25) is 0 Å². The van der Waals surface area contributed by atoms with Crippen molar-refractivity contribution >= 4 is 11.3 Å². The molecule has 0 saturated carbocycles. The molecular weight excluding hydrogens is 278 g/mol. The van der Waals surface area contributed by atoms with Crippen molar-refractivity contribution in [1.82, 2.24) is 15.1 Å². The van der Waals surface area contributed by atoms with Gasteiger partial charge in [0, 0.05) is 41.7 Å². The number of nitrogens with zero attached hydrogens (tertiary/aromatic N) is 2. The van der Waals surface area contributed by atoms with Crippen LogP contribution in [0.1, 0.15) is 61.4 Å².